The lowest BCUT2D eigenvalue weighted by molar-refractivity contribution is 0.112. The van der Waals surface area contributed by atoms with Crippen LogP contribution in [0.25, 0.3) is 22.3 Å². The quantitative estimate of drug-likeness (QED) is 0.355. The molecule has 8 nitrogen and oxygen atoms in total. The van der Waals surface area contributed by atoms with Gasteiger partial charge in [-0.2, -0.15) is 5.10 Å². The van der Waals surface area contributed by atoms with Gasteiger partial charge in [0.25, 0.3) is 0 Å². The summed E-state index contributed by atoms with van der Waals surface area (Å²) in [6, 6.07) is 12.3. The Labute approximate surface area is 206 Å². The van der Waals surface area contributed by atoms with Gasteiger partial charge in [-0.1, -0.05) is 6.92 Å². The van der Waals surface area contributed by atoms with E-state index in [9.17, 15) is 0 Å². The Kier molecular flexibility index (Phi) is 6.55. The van der Waals surface area contributed by atoms with Crippen molar-refractivity contribution in [3.8, 4) is 22.8 Å². The zero-order valence-corrected chi connectivity index (χ0v) is 20.8. The van der Waals surface area contributed by atoms with Crippen molar-refractivity contribution in [2.24, 2.45) is 13.0 Å². The summed E-state index contributed by atoms with van der Waals surface area (Å²) in [4.78, 5) is 14.4. The molecular formula is C27H32N6O2. The number of aryl methyl sites for hydroxylation is 1. The summed E-state index contributed by atoms with van der Waals surface area (Å²) in [6.07, 6.45) is 6.61. The molecule has 3 heterocycles. The SMILES string of the molecule is COc1cc(OC)cc(N(CCCN2CC(C)C2)c2ccc3ncc(-c4cnn(C)c4)nc3c2)c1. The van der Waals surface area contributed by atoms with E-state index in [1.807, 2.05) is 31.6 Å². The summed E-state index contributed by atoms with van der Waals surface area (Å²) >= 11 is 0. The van der Waals surface area contributed by atoms with Crippen LogP contribution < -0.4 is 14.4 Å². The standard InChI is InChI=1S/C27H32N6O2/c1-19-16-32(17-19)8-5-9-33(22-10-23(34-3)13-24(11-22)35-4)21-6-7-25-26(12-21)30-27(15-28-25)20-14-29-31(2)18-20/h6-7,10-15,18-19H,5,8-9,16-17H2,1-4H3. The second-order valence-corrected chi connectivity index (χ2v) is 9.27. The lowest BCUT2D eigenvalue weighted by Crippen LogP contribution is -2.45. The lowest BCUT2D eigenvalue weighted by Gasteiger charge is -2.37. The molecule has 0 atom stereocenters. The number of ether oxygens (including phenoxy) is 2. The first-order valence-corrected chi connectivity index (χ1v) is 12.0. The molecule has 35 heavy (non-hydrogen) atoms. The van der Waals surface area contributed by atoms with Crippen LogP contribution in [0.2, 0.25) is 0 Å². The molecule has 4 aromatic rings. The van der Waals surface area contributed by atoms with Gasteiger partial charge >= 0.3 is 0 Å². The van der Waals surface area contributed by atoms with Gasteiger partial charge < -0.3 is 19.3 Å². The predicted octanol–water partition coefficient (Wildman–Crippen LogP) is 4.53. The van der Waals surface area contributed by atoms with Gasteiger partial charge in [-0.25, -0.2) is 4.98 Å². The Morgan fingerprint density at radius 3 is 2.40 bits per heavy atom. The summed E-state index contributed by atoms with van der Waals surface area (Å²) in [7, 11) is 5.26. The number of rotatable bonds is 9. The second-order valence-electron chi connectivity index (χ2n) is 9.27. The van der Waals surface area contributed by atoms with Gasteiger partial charge in [0.2, 0.25) is 0 Å². The highest BCUT2D eigenvalue weighted by Crippen LogP contribution is 2.34. The van der Waals surface area contributed by atoms with E-state index in [-0.39, 0.29) is 0 Å². The first-order chi connectivity index (χ1) is 17.0. The number of methoxy groups -OCH3 is 2. The fourth-order valence-electron chi connectivity index (χ4n) is 4.68. The second kappa shape index (κ2) is 9.92. The van der Waals surface area contributed by atoms with Crippen LogP contribution in [0.5, 0.6) is 11.5 Å². The Morgan fingerprint density at radius 1 is 0.971 bits per heavy atom. The van der Waals surface area contributed by atoms with Gasteiger partial charge in [0, 0.05) is 68.0 Å². The average molecular weight is 473 g/mol. The van der Waals surface area contributed by atoms with E-state index in [1.165, 1.54) is 13.1 Å². The van der Waals surface area contributed by atoms with Crippen LogP contribution in [-0.2, 0) is 7.05 Å². The van der Waals surface area contributed by atoms with Gasteiger partial charge in [0.15, 0.2) is 0 Å². The molecule has 1 aliphatic heterocycles. The minimum absolute atomic E-state index is 0.764. The van der Waals surface area contributed by atoms with Crippen molar-refractivity contribution >= 4 is 22.4 Å². The van der Waals surface area contributed by atoms with Crippen LogP contribution >= 0.6 is 0 Å². The van der Waals surface area contributed by atoms with Crippen LogP contribution in [0, 0.1) is 5.92 Å². The molecule has 182 valence electrons. The topological polar surface area (TPSA) is 68.5 Å². The van der Waals surface area contributed by atoms with Crippen LogP contribution in [0.4, 0.5) is 11.4 Å². The van der Waals surface area contributed by atoms with Crippen LogP contribution in [0.15, 0.2) is 55.0 Å². The van der Waals surface area contributed by atoms with E-state index in [0.717, 1.165) is 70.6 Å². The molecule has 0 saturated carbocycles. The third-order valence-corrected chi connectivity index (χ3v) is 6.48. The van der Waals surface area contributed by atoms with Crippen molar-refractivity contribution in [2.45, 2.75) is 13.3 Å². The number of hydrogen-bond acceptors (Lipinski definition) is 7. The molecule has 2 aromatic heterocycles. The summed E-state index contributed by atoms with van der Waals surface area (Å²) in [6.45, 7) is 6.63. The molecule has 1 fully saturated rings. The minimum Gasteiger partial charge on any atom is -0.497 e. The van der Waals surface area contributed by atoms with Gasteiger partial charge in [-0.3, -0.25) is 9.67 Å². The van der Waals surface area contributed by atoms with E-state index in [0.29, 0.717) is 0 Å². The Morgan fingerprint density at radius 2 is 1.74 bits per heavy atom. The van der Waals surface area contributed by atoms with E-state index in [2.05, 4.69) is 51.1 Å². The van der Waals surface area contributed by atoms with Crippen molar-refractivity contribution in [2.75, 3.05) is 45.3 Å². The highest BCUT2D eigenvalue weighted by Gasteiger charge is 2.22. The molecule has 1 saturated heterocycles. The highest BCUT2D eigenvalue weighted by molar-refractivity contribution is 5.82. The molecule has 0 spiro atoms. The van der Waals surface area contributed by atoms with E-state index < -0.39 is 0 Å². The fourth-order valence-corrected chi connectivity index (χ4v) is 4.68. The maximum atomic E-state index is 5.56. The number of likely N-dealkylation sites (tertiary alicyclic amines) is 1. The number of fused-ring (bicyclic) bond motifs is 1. The largest absolute Gasteiger partial charge is 0.497 e. The molecule has 2 aromatic carbocycles. The van der Waals surface area contributed by atoms with Crippen molar-refractivity contribution in [3.05, 3.63) is 55.0 Å². The zero-order chi connectivity index (χ0) is 24.4. The molecule has 8 heteroatoms. The van der Waals surface area contributed by atoms with E-state index >= 15 is 0 Å². The Hall–Kier alpha value is -3.65. The number of benzene rings is 2. The Balaban J connectivity index is 1.49. The third kappa shape index (κ3) is 5.07. The fraction of sp³-hybridized carbons (Fsp3) is 0.370. The van der Waals surface area contributed by atoms with E-state index in [1.54, 1.807) is 25.1 Å². The summed E-state index contributed by atoms with van der Waals surface area (Å²) in [5.41, 5.74) is 5.55. The zero-order valence-electron chi connectivity index (χ0n) is 20.8. The molecule has 5 rings (SSSR count). The average Bonchev–Trinajstić information content (AvgIpc) is 3.30. The normalized spacial score (nSPS) is 14.2. The molecule has 1 aliphatic rings. The van der Waals surface area contributed by atoms with Crippen molar-refractivity contribution in [1.29, 1.82) is 0 Å². The van der Waals surface area contributed by atoms with Crippen molar-refractivity contribution < 1.29 is 9.47 Å². The maximum absolute atomic E-state index is 5.56. The first kappa shape index (κ1) is 23.1. The monoisotopic (exact) mass is 472 g/mol. The third-order valence-electron chi connectivity index (χ3n) is 6.48. The molecule has 0 bridgehead atoms. The summed E-state index contributed by atoms with van der Waals surface area (Å²) in [5, 5.41) is 4.27. The minimum atomic E-state index is 0.764. The molecular weight excluding hydrogens is 440 g/mol. The van der Waals surface area contributed by atoms with Crippen LogP contribution in [0.1, 0.15) is 13.3 Å². The predicted molar refractivity (Wildman–Crippen MR) is 139 cm³/mol. The van der Waals surface area contributed by atoms with Gasteiger partial charge in [-0.05, 0) is 37.1 Å². The maximum Gasteiger partial charge on any atom is 0.124 e. The van der Waals surface area contributed by atoms with Crippen molar-refractivity contribution in [1.82, 2.24) is 24.6 Å². The molecule has 0 aliphatic carbocycles. The van der Waals surface area contributed by atoms with Gasteiger partial charge in [-0.15, -0.1) is 0 Å². The summed E-state index contributed by atoms with van der Waals surface area (Å²) in [5.74, 6) is 2.34. The highest BCUT2D eigenvalue weighted by atomic mass is 16.5. The van der Waals surface area contributed by atoms with Crippen LogP contribution in [0.3, 0.4) is 0 Å². The smallest absolute Gasteiger partial charge is 0.124 e. The molecule has 0 amide bonds. The van der Waals surface area contributed by atoms with E-state index in [4.69, 9.17) is 14.5 Å². The summed E-state index contributed by atoms with van der Waals surface area (Å²) < 4.78 is 12.9. The number of hydrogen-bond donors (Lipinski definition) is 0. The van der Waals surface area contributed by atoms with Crippen LogP contribution in [-0.4, -0.2) is 65.0 Å². The number of anilines is 2. The Bertz CT molecular complexity index is 1290. The van der Waals surface area contributed by atoms with Crippen molar-refractivity contribution in [3.63, 3.8) is 0 Å². The first-order valence-electron chi connectivity index (χ1n) is 12.0. The molecule has 0 radical (unpaired) electrons. The molecule has 0 unspecified atom stereocenters. The molecule has 0 N–H and O–H groups in total. The number of aromatic nitrogens is 4. The van der Waals surface area contributed by atoms with Gasteiger partial charge in [0.1, 0.15) is 11.5 Å². The number of nitrogens with zero attached hydrogens (tertiary/aromatic N) is 6. The lowest BCUT2D eigenvalue weighted by atomic mass is 10.0. The van der Waals surface area contributed by atoms with Gasteiger partial charge in [0.05, 0.1) is 43.3 Å².